The number of rotatable bonds is 4. The lowest BCUT2D eigenvalue weighted by Gasteiger charge is -2.18. The van der Waals surface area contributed by atoms with Crippen molar-refractivity contribution < 1.29 is 27.4 Å². The molecule has 3 aromatic heterocycles. The third-order valence-electron chi connectivity index (χ3n) is 4.87. The lowest BCUT2D eigenvalue weighted by Crippen LogP contribution is -2.18. The lowest BCUT2D eigenvalue weighted by atomic mass is 10.2. The molecule has 0 saturated heterocycles. The molecule has 0 bridgehead atoms. The second-order valence-electron chi connectivity index (χ2n) is 7.16. The smallest absolute Gasteiger partial charge is 0.433 e. The molecule has 0 fully saturated rings. The van der Waals surface area contributed by atoms with E-state index in [0.29, 0.717) is 40.5 Å². The van der Waals surface area contributed by atoms with Crippen LogP contribution in [0.25, 0.3) is 17.1 Å². The van der Waals surface area contributed by atoms with E-state index >= 15 is 0 Å². The summed E-state index contributed by atoms with van der Waals surface area (Å²) in [5, 5.41) is 14.2. The van der Waals surface area contributed by atoms with Gasteiger partial charge in [-0.25, -0.2) is 4.68 Å². The van der Waals surface area contributed by atoms with E-state index in [0.717, 1.165) is 6.07 Å². The zero-order valence-electron chi connectivity index (χ0n) is 17.3. The molecule has 4 heterocycles. The molecule has 0 unspecified atom stereocenters. The summed E-state index contributed by atoms with van der Waals surface area (Å²) in [6.07, 6.45) is -1.76. The van der Waals surface area contributed by atoms with Gasteiger partial charge in [0.2, 0.25) is 0 Å². The highest BCUT2D eigenvalue weighted by atomic mass is 19.4. The van der Waals surface area contributed by atoms with Crippen LogP contribution in [-0.2, 0) is 6.18 Å². The van der Waals surface area contributed by atoms with E-state index in [1.165, 1.54) is 30.6 Å². The first kappa shape index (κ1) is 21.4. The number of benzene rings is 1. The minimum atomic E-state index is -4.68. The van der Waals surface area contributed by atoms with Crippen LogP contribution >= 0.6 is 0 Å². The number of pyridine rings is 1. The summed E-state index contributed by atoms with van der Waals surface area (Å²) in [4.78, 5) is 16.5. The molecule has 0 saturated carbocycles. The minimum absolute atomic E-state index is 0.0526. The molecule has 1 amide bonds. The number of anilines is 1. The average molecular weight is 468 g/mol. The molecule has 1 aliphatic rings. The standard InChI is InChI=1S/C22H15F3N6O3/c23-22(24,25)18-11-15(14-2-1-7-26-12-14)30-31(18)20-6-5-19(28-29-20)27-21(32)13-3-4-16-17(10-13)34-9-8-33-16/h1-7,10-12H,8-9H2,(H,27,28,32). The Morgan fingerprint density at radius 2 is 1.82 bits per heavy atom. The van der Waals surface area contributed by atoms with E-state index in [1.807, 2.05) is 0 Å². The van der Waals surface area contributed by atoms with Gasteiger partial charge in [-0.15, -0.1) is 10.2 Å². The summed E-state index contributed by atoms with van der Waals surface area (Å²) >= 11 is 0. The van der Waals surface area contributed by atoms with Gasteiger partial charge < -0.3 is 14.8 Å². The maximum absolute atomic E-state index is 13.6. The largest absolute Gasteiger partial charge is 0.486 e. The van der Waals surface area contributed by atoms with Crippen molar-refractivity contribution in [3.8, 4) is 28.6 Å². The summed E-state index contributed by atoms with van der Waals surface area (Å²) in [6.45, 7) is 0.803. The zero-order chi connectivity index (χ0) is 23.7. The number of halogens is 3. The van der Waals surface area contributed by atoms with E-state index in [-0.39, 0.29) is 17.3 Å². The molecule has 0 aliphatic carbocycles. The van der Waals surface area contributed by atoms with Gasteiger partial charge in [-0.3, -0.25) is 9.78 Å². The predicted octanol–water partition coefficient (Wildman–Crippen LogP) is 3.77. The Kier molecular flexibility index (Phi) is 5.32. The molecule has 172 valence electrons. The maximum Gasteiger partial charge on any atom is 0.433 e. The quantitative estimate of drug-likeness (QED) is 0.486. The van der Waals surface area contributed by atoms with Gasteiger partial charge in [-0.05, 0) is 48.5 Å². The summed E-state index contributed by atoms with van der Waals surface area (Å²) in [7, 11) is 0. The number of hydrogen-bond acceptors (Lipinski definition) is 7. The van der Waals surface area contributed by atoms with Crippen LogP contribution in [-0.4, -0.2) is 44.1 Å². The van der Waals surface area contributed by atoms with Crippen LogP contribution < -0.4 is 14.8 Å². The molecule has 5 rings (SSSR count). The Hall–Kier alpha value is -4.48. The Morgan fingerprint density at radius 1 is 1.00 bits per heavy atom. The number of nitrogens with zero attached hydrogens (tertiary/aromatic N) is 5. The van der Waals surface area contributed by atoms with Gasteiger partial charge in [0.05, 0.1) is 5.69 Å². The van der Waals surface area contributed by atoms with Crippen LogP contribution in [0.1, 0.15) is 16.1 Å². The van der Waals surface area contributed by atoms with Crippen LogP contribution in [0.15, 0.2) is 60.9 Å². The van der Waals surface area contributed by atoms with E-state index in [1.54, 1.807) is 24.3 Å². The Balaban J connectivity index is 1.39. The molecule has 0 spiro atoms. The van der Waals surface area contributed by atoms with Crippen molar-refractivity contribution >= 4 is 11.7 Å². The van der Waals surface area contributed by atoms with E-state index in [9.17, 15) is 18.0 Å². The van der Waals surface area contributed by atoms with Gasteiger partial charge in [0.1, 0.15) is 13.2 Å². The molecule has 0 atom stereocenters. The maximum atomic E-state index is 13.6. The molecule has 1 aliphatic heterocycles. The summed E-state index contributed by atoms with van der Waals surface area (Å²) in [5.74, 6) is 0.380. The predicted molar refractivity (Wildman–Crippen MR) is 113 cm³/mol. The third-order valence-corrected chi connectivity index (χ3v) is 4.87. The SMILES string of the molecule is O=C(Nc1ccc(-n2nc(-c3cccnc3)cc2C(F)(F)F)nn1)c1ccc2c(c1)OCCO2. The van der Waals surface area contributed by atoms with Gasteiger partial charge >= 0.3 is 6.18 Å². The average Bonchev–Trinajstić information content (AvgIpc) is 3.31. The number of nitrogens with one attached hydrogen (secondary N) is 1. The normalized spacial score (nSPS) is 12.9. The van der Waals surface area contributed by atoms with Gasteiger partial charge in [-0.1, -0.05) is 0 Å². The van der Waals surface area contributed by atoms with Gasteiger partial charge in [-0.2, -0.15) is 18.3 Å². The lowest BCUT2D eigenvalue weighted by molar-refractivity contribution is -0.142. The number of carbonyl (C=O) groups is 1. The van der Waals surface area contributed by atoms with E-state index in [2.05, 4.69) is 25.6 Å². The number of fused-ring (bicyclic) bond motifs is 1. The topological polar surface area (TPSA) is 104 Å². The van der Waals surface area contributed by atoms with Crippen molar-refractivity contribution in [1.82, 2.24) is 25.0 Å². The van der Waals surface area contributed by atoms with Crippen molar-refractivity contribution in [2.45, 2.75) is 6.18 Å². The number of ether oxygens (including phenoxy) is 2. The monoisotopic (exact) mass is 468 g/mol. The first-order valence-electron chi connectivity index (χ1n) is 10.0. The van der Waals surface area contributed by atoms with Crippen molar-refractivity contribution in [3.05, 3.63) is 72.2 Å². The summed E-state index contributed by atoms with van der Waals surface area (Å²) < 4.78 is 52.4. The van der Waals surface area contributed by atoms with Crippen LogP contribution in [0.3, 0.4) is 0 Å². The Bertz CT molecular complexity index is 1340. The molecule has 12 heteroatoms. The fourth-order valence-corrected chi connectivity index (χ4v) is 3.29. The van der Waals surface area contributed by atoms with Crippen molar-refractivity contribution in [3.63, 3.8) is 0 Å². The van der Waals surface area contributed by atoms with Crippen molar-refractivity contribution in [2.75, 3.05) is 18.5 Å². The molecular formula is C22H15F3N6O3. The highest BCUT2D eigenvalue weighted by Gasteiger charge is 2.37. The second-order valence-corrected chi connectivity index (χ2v) is 7.16. The van der Waals surface area contributed by atoms with Crippen LogP contribution in [0.2, 0.25) is 0 Å². The number of amides is 1. The molecule has 34 heavy (non-hydrogen) atoms. The minimum Gasteiger partial charge on any atom is -0.486 e. The highest BCUT2D eigenvalue weighted by Crippen LogP contribution is 2.34. The first-order valence-corrected chi connectivity index (χ1v) is 10.0. The zero-order valence-corrected chi connectivity index (χ0v) is 17.3. The number of aromatic nitrogens is 5. The van der Waals surface area contributed by atoms with E-state index in [4.69, 9.17) is 9.47 Å². The molecule has 0 radical (unpaired) electrons. The van der Waals surface area contributed by atoms with Gasteiger partial charge in [0.25, 0.3) is 5.91 Å². The van der Waals surface area contributed by atoms with Crippen LogP contribution in [0, 0.1) is 0 Å². The highest BCUT2D eigenvalue weighted by molar-refractivity contribution is 6.04. The van der Waals surface area contributed by atoms with Crippen LogP contribution in [0.4, 0.5) is 19.0 Å². The Labute approximate surface area is 190 Å². The number of carbonyl (C=O) groups excluding carboxylic acids is 1. The Morgan fingerprint density at radius 3 is 2.53 bits per heavy atom. The van der Waals surface area contributed by atoms with Crippen molar-refractivity contribution in [1.29, 1.82) is 0 Å². The molecule has 1 aromatic carbocycles. The molecular weight excluding hydrogens is 453 g/mol. The fraction of sp³-hybridized carbons (Fsp3) is 0.136. The summed E-state index contributed by atoms with van der Waals surface area (Å²) in [6, 6.07) is 11.4. The molecule has 1 N–H and O–H groups in total. The second kappa shape index (κ2) is 8.46. The summed E-state index contributed by atoms with van der Waals surface area (Å²) in [5.41, 5.74) is -0.224. The third kappa shape index (κ3) is 4.25. The van der Waals surface area contributed by atoms with Crippen LogP contribution in [0.5, 0.6) is 11.5 Å². The molecule has 4 aromatic rings. The van der Waals surface area contributed by atoms with Gasteiger partial charge in [0.15, 0.2) is 28.8 Å². The number of hydrogen-bond donors (Lipinski definition) is 1. The fourth-order valence-electron chi connectivity index (χ4n) is 3.29. The van der Waals surface area contributed by atoms with Crippen molar-refractivity contribution in [2.24, 2.45) is 0 Å². The van der Waals surface area contributed by atoms with E-state index < -0.39 is 17.8 Å². The number of alkyl halides is 3. The first-order chi connectivity index (χ1) is 16.4. The van der Waals surface area contributed by atoms with Gasteiger partial charge in [0, 0.05) is 23.5 Å². The molecule has 9 nitrogen and oxygen atoms in total.